The van der Waals surface area contributed by atoms with E-state index >= 15 is 0 Å². The van der Waals surface area contributed by atoms with Gasteiger partial charge in [-0.15, -0.1) is 11.6 Å². The van der Waals surface area contributed by atoms with E-state index in [-0.39, 0.29) is 0 Å². The molecule has 1 aromatic rings. The van der Waals surface area contributed by atoms with Crippen LogP contribution in [0.5, 0.6) is 5.75 Å². The first-order chi connectivity index (χ1) is 7.83. The Morgan fingerprint density at radius 2 is 2.19 bits per heavy atom. The summed E-state index contributed by atoms with van der Waals surface area (Å²) in [7, 11) is 3.31. The molecule has 90 valence electrons. The molecule has 0 aromatic carbocycles. The molecule has 16 heavy (non-hydrogen) atoms. The Morgan fingerprint density at radius 3 is 2.81 bits per heavy atom. The number of methoxy groups -OCH3 is 2. The number of hydrogen-bond acceptors (Lipinski definition) is 4. The average molecular weight is 245 g/mol. The number of nitrogens with zero attached hydrogens (tertiary/aromatic N) is 2. The van der Waals surface area contributed by atoms with Crippen LogP contribution in [-0.4, -0.2) is 44.8 Å². The van der Waals surface area contributed by atoms with Crippen molar-refractivity contribution in [2.75, 3.05) is 44.7 Å². The SMILES string of the molecule is COCCN(CCCl)c1ncccc1OC. The molecular weight excluding hydrogens is 228 g/mol. The Balaban J connectivity index is 2.81. The molecule has 0 saturated heterocycles. The molecule has 0 amide bonds. The number of ether oxygens (including phenoxy) is 2. The van der Waals surface area contributed by atoms with Gasteiger partial charge in [-0.1, -0.05) is 0 Å². The highest BCUT2D eigenvalue weighted by Gasteiger charge is 2.12. The van der Waals surface area contributed by atoms with Crippen LogP contribution in [0.2, 0.25) is 0 Å². The second kappa shape index (κ2) is 7.30. The van der Waals surface area contributed by atoms with E-state index in [9.17, 15) is 0 Å². The van der Waals surface area contributed by atoms with E-state index in [1.54, 1.807) is 20.4 Å². The summed E-state index contributed by atoms with van der Waals surface area (Å²) < 4.78 is 10.3. The summed E-state index contributed by atoms with van der Waals surface area (Å²) in [6.07, 6.45) is 1.74. The van der Waals surface area contributed by atoms with Gasteiger partial charge in [-0.25, -0.2) is 4.98 Å². The smallest absolute Gasteiger partial charge is 0.171 e. The standard InChI is InChI=1S/C11H17ClN2O2/c1-15-9-8-14(7-5-12)11-10(16-2)4-3-6-13-11/h3-4,6H,5,7-9H2,1-2H3. The Hall–Kier alpha value is -1.00. The number of rotatable bonds is 7. The van der Waals surface area contributed by atoms with Gasteiger partial charge in [0.05, 0.1) is 13.7 Å². The summed E-state index contributed by atoms with van der Waals surface area (Å²) in [5, 5.41) is 0. The van der Waals surface area contributed by atoms with E-state index in [2.05, 4.69) is 9.88 Å². The van der Waals surface area contributed by atoms with Crippen molar-refractivity contribution in [3.05, 3.63) is 18.3 Å². The molecule has 1 heterocycles. The summed E-state index contributed by atoms with van der Waals surface area (Å²) >= 11 is 5.77. The molecule has 0 bridgehead atoms. The molecule has 4 nitrogen and oxygen atoms in total. The fourth-order valence-corrected chi connectivity index (χ4v) is 1.61. The summed E-state index contributed by atoms with van der Waals surface area (Å²) in [6, 6.07) is 3.73. The molecule has 0 radical (unpaired) electrons. The van der Waals surface area contributed by atoms with E-state index in [1.165, 1.54) is 0 Å². The van der Waals surface area contributed by atoms with Crippen LogP contribution in [0.4, 0.5) is 5.82 Å². The normalized spacial score (nSPS) is 10.2. The second-order valence-electron chi connectivity index (χ2n) is 3.20. The van der Waals surface area contributed by atoms with Gasteiger partial charge in [-0.2, -0.15) is 0 Å². The Kier molecular flexibility index (Phi) is 5.96. The molecule has 0 aliphatic heterocycles. The maximum Gasteiger partial charge on any atom is 0.171 e. The quantitative estimate of drug-likeness (QED) is 0.685. The van der Waals surface area contributed by atoms with E-state index in [0.717, 1.165) is 24.7 Å². The molecular formula is C11H17ClN2O2. The second-order valence-corrected chi connectivity index (χ2v) is 3.58. The van der Waals surface area contributed by atoms with E-state index in [0.29, 0.717) is 12.5 Å². The third-order valence-electron chi connectivity index (χ3n) is 2.19. The first kappa shape index (κ1) is 13.1. The van der Waals surface area contributed by atoms with Crippen molar-refractivity contribution in [1.82, 2.24) is 4.98 Å². The van der Waals surface area contributed by atoms with Gasteiger partial charge in [0, 0.05) is 32.3 Å². The third-order valence-corrected chi connectivity index (χ3v) is 2.36. The topological polar surface area (TPSA) is 34.6 Å². The number of halogens is 1. The van der Waals surface area contributed by atoms with Crippen molar-refractivity contribution >= 4 is 17.4 Å². The number of hydrogen-bond donors (Lipinski definition) is 0. The molecule has 0 aliphatic rings. The zero-order valence-corrected chi connectivity index (χ0v) is 10.4. The van der Waals surface area contributed by atoms with Crippen LogP contribution < -0.4 is 9.64 Å². The maximum absolute atomic E-state index is 5.77. The minimum Gasteiger partial charge on any atom is -0.493 e. The molecule has 1 rings (SSSR count). The molecule has 0 fully saturated rings. The first-order valence-electron chi connectivity index (χ1n) is 5.12. The maximum atomic E-state index is 5.77. The van der Waals surface area contributed by atoms with E-state index < -0.39 is 0 Å². The van der Waals surface area contributed by atoms with Gasteiger partial charge in [-0.3, -0.25) is 0 Å². The lowest BCUT2D eigenvalue weighted by Crippen LogP contribution is -2.30. The third kappa shape index (κ3) is 3.54. The Morgan fingerprint density at radius 1 is 1.38 bits per heavy atom. The van der Waals surface area contributed by atoms with Gasteiger partial charge < -0.3 is 14.4 Å². The summed E-state index contributed by atoms with van der Waals surface area (Å²) in [6.45, 7) is 2.10. The van der Waals surface area contributed by atoms with Gasteiger partial charge >= 0.3 is 0 Å². The minimum absolute atomic E-state index is 0.545. The highest BCUT2D eigenvalue weighted by Crippen LogP contribution is 2.24. The highest BCUT2D eigenvalue weighted by atomic mass is 35.5. The number of alkyl halides is 1. The van der Waals surface area contributed by atoms with Gasteiger partial charge in [0.15, 0.2) is 11.6 Å². The number of aromatic nitrogens is 1. The van der Waals surface area contributed by atoms with Crippen LogP contribution in [0.3, 0.4) is 0 Å². The van der Waals surface area contributed by atoms with Crippen LogP contribution in [0.1, 0.15) is 0 Å². The fraction of sp³-hybridized carbons (Fsp3) is 0.545. The van der Waals surface area contributed by atoms with Crippen molar-refractivity contribution in [2.45, 2.75) is 0 Å². The number of pyridine rings is 1. The fourth-order valence-electron chi connectivity index (χ4n) is 1.41. The molecule has 1 aromatic heterocycles. The van der Waals surface area contributed by atoms with E-state index in [4.69, 9.17) is 21.1 Å². The molecule has 0 atom stereocenters. The van der Waals surface area contributed by atoms with Gasteiger partial charge in [-0.05, 0) is 12.1 Å². The van der Waals surface area contributed by atoms with Crippen LogP contribution in [0, 0.1) is 0 Å². The summed E-state index contributed by atoms with van der Waals surface area (Å²) in [5.74, 6) is 2.11. The van der Waals surface area contributed by atoms with Gasteiger partial charge in [0.2, 0.25) is 0 Å². The Bertz CT molecular complexity index is 310. The average Bonchev–Trinajstić information content (AvgIpc) is 2.34. The lowest BCUT2D eigenvalue weighted by molar-refractivity contribution is 0.205. The van der Waals surface area contributed by atoms with Crippen LogP contribution >= 0.6 is 11.6 Å². The lowest BCUT2D eigenvalue weighted by atomic mass is 10.3. The molecule has 0 spiro atoms. The monoisotopic (exact) mass is 244 g/mol. The zero-order valence-electron chi connectivity index (χ0n) is 9.65. The summed E-state index contributed by atoms with van der Waals surface area (Å²) in [5.41, 5.74) is 0. The lowest BCUT2D eigenvalue weighted by Gasteiger charge is -2.23. The first-order valence-corrected chi connectivity index (χ1v) is 5.65. The Labute approximate surface area is 101 Å². The van der Waals surface area contributed by atoms with Crippen molar-refractivity contribution in [3.8, 4) is 5.75 Å². The van der Waals surface area contributed by atoms with E-state index in [1.807, 2.05) is 12.1 Å². The largest absolute Gasteiger partial charge is 0.493 e. The zero-order chi connectivity index (χ0) is 11.8. The van der Waals surface area contributed by atoms with Crippen molar-refractivity contribution in [3.63, 3.8) is 0 Å². The van der Waals surface area contributed by atoms with Crippen LogP contribution in [-0.2, 0) is 4.74 Å². The van der Waals surface area contributed by atoms with Crippen molar-refractivity contribution < 1.29 is 9.47 Å². The molecule has 0 saturated carbocycles. The van der Waals surface area contributed by atoms with Crippen molar-refractivity contribution in [2.24, 2.45) is 0 Å². The molecule has 5 heteroatoms. The molecule has 0 aliphatic carbocycles. The van der Waals surface area contributed by atoms with Gasteiger partial charge in [0.1, 0.15) is 0 Å². The van der Waals surface area contributed by atoms with Crippen LogP contribution in [0.25, 0.3) is 0 Å². The summed E-state index contributed by atoms with van der Waals surface area (Å²) in [4.78, 5) is 6.36. The predicted octanol–water partition coefficient (Wildman–Crippen LogP) is 1.78. The van der Waals surface area contributed by atoms with Gasteiger partial charge in [0.25, 0.3) is 0 Å². The predicted molar refractivity (Wildman–Crippen MR) is 65.6 cm³/mol. The number of anilines is 1. The van der Waals surface area contributed by atoms with Crippen LogP contribution in [0.15, 0.2) is 18.3 Å². The highest BCUT2D eigenvalue weighted by molar-refractivity contribution is 6.18. The molecule has 0 N–H and O–H groups in total. The molecule has 0 unspecified atom stereocenters. The van der Waals surface area contributed by atoms with Crippen molar-refractivity contribution in [1.29, 1.82) is 0 Å². The minimum atomic E-state index is 0.545.